The van der Waals surface area contributed by atoms with E-state index in [2.05, 4.69) is 6.58 Å². The monoisotopic (exact) mass is 520 g/mol. The number of alkyl halides is 6. The minimum atomic E-state index is -5.94. The van der Waals surface area contributed by atoms with Gasteiger partial charge < -0.3 is 10.2 Å². The largest absolute Gasteiger partial charge is 0.438 e. The molecule has 36 heavy (non-hydrogen) atoms. The summed E-state index contributed by atoms with van der Waals surface area (Å²) in [6, 6.07) is 0. The van der Waals surface area contributed by atoms with Crippen LogP contribution in [0.5, 0.6) is 0 Å². The Bertz CT molecular complexity index is 893. The van der Waals surface area contributed by atoms with Crippen molar-refractivity contribution in [1.82, 2.24) is 0 Å². The van der Waals surface area contributed by atoms with Gasteiger partial charge in [0.25, 0.3) is 0 Å². The Hall–Kier alpha value is -1.98. The van der Waals surface area contributed by atoms with Crippen molar-refractivity contribution in [3.63, 3.8) is 0 Å². The van der Waals surface area contributed by atoms with E-state index >= 15 is 0 Å². The van der Waals surface area contributed by atoms with Gasteiger partial charge in [0, 0.05) is 6.42 Å². The van der Waals surface area contributed by atoms with Crippen molar-refractivity contribution in [2.24, 2.45) is 5.41 Å². The zero-order valence-electron chi connectivity index (χ0n) is 21.5. The molecule has 0 heterocycles. The van der Waals surface area contributed by atoms with Crippen LogP contribution in [-0.2, 0) is 0 Å². The van der Waals surface area contributed by atoms with Gasteiger partial charge in [0.05, 0.1) is 6.10 Å². The van der Waals surface area contributed by atoms with E-state index in [4.69, 9.17) is 0 Å². The molecule has 0 aliphatic heterocycles. The fourth-order valence-electron chi connectivity index (χ4n) is 4.17. The average molecular weight is 521 g/mol. The summed E-state index contributed by atoms with van der Waals surface area (Å²) >= 11 is 0. The average Bonchev–Trinajstić information content (AvgIpc) is 2.75. The summed E-state index contributed by atoms with van der Waals surface area (Å²) in [7, 11) is 0. The van der Waals surface area contributed by atoms with Gasteiger partial charge in [-0.25, -0.2) is 0 Å². The summed E-state index contributed by atoms with van der Waals surface area (Å²) in [4.78, 5) is 0. The highest BCUT2D eigenvalue weighted by Crippen LogP contribution is 2.42. The maximum Gasteiger partial charge on any atom is 0.438 e. The van der Waals surface area contributed by atoms with Crippen molar-refractivity contribution < 1.29 is 36.6 Å². The lowest BCUT2D eigenvalue weighted by atomic mass is 9.77. The highest BCUT2D eigenvalue weighted by Gasteiger charge is 2.70. The third-order valence-corrected chi connectivity index (χ3v) is 6.61. The molecule has 0 bridgehead atoms. The fourth-order valence-corrected chi connectivity index (χ4v) is 4.17. The third-order valence-electron chi connectivity index (χ3n) is 6.61. The van der Waals surface area contributed by atoms with Crippen LogP contribution in [0, 0.1) is 17.3 Å². The van der Waals surface area contributed by atoms with E-state index in [0.717, 1.165) is 66.7 Å². The fraction of sp³-hybridized carbons (Fsp3) is 0.643. The molecule has 8 heteroatoms. The predicted octanol–water partition coefficient (Wildman–Crippen LogP) is 8.13. The minimum Gasteiger partial charge on any atom is -0.388 e. The van der Waals surface area contributed by atoms with Gasteiger partial charge in [-0.3, -0.25) is 0 Å². The van der Waals surface area contributed by atoms with Crippen LogP contribution < -0.4 is 0 Å². The second kappa shape index (κ2) is 13.0. The lowest BCUT2D eigenvalue weighted by Crippen LogP contribution is -2.55. The van der Waals surface area contributed by atoms with Crippen molar-refractivity contribution in [3.05, 3.63) is 47.1 Å². The van der Waals surface area contributed by atoms with E-state index < -0.39 is 24.1 Å². The Labute approximate surface area is 210 Å². The van der Waals surface area contributed by atoms with E-state index in [1.165, 1.54) is 0 Å². The molecule has 1 aliphatic rings. The molecular weight excluding hydrogens is 482 g/mol. The van der Waals surface area contributed by atoms with Crippen LogP contribution in [0.15, 0.2) is 47.1 Å². The highest BCUT2D eigenvalue weighted by atomic mass is 19.4. The first-order valence-corrected chi connectivity index (χ1v) is 12.2. The van der Waals surface area contributed by atoms with Gasteiger partial charge in [-0.2, -0.15) is 26.3 Å². The minimum absolute atomic E-state index is 0.213. The highest BCUT2D eigenvalue weighted by molar-refractivity contribution is 5.36. The second-order valence-electron chi connectivity index (χ2n) is 10.0. The normalized spacial score (nSPS) is 19.9. The van der Waals surface area contributed by atoms with E-state index in [1.807, 2.05) is 51.8 Å². The van der Waals surface area contributed by atoms with E-state index in [-0.39, 0.29) is 18.3 Å². The van der Waals surface area contributed by atoms with Crippen LogP contribution in [0.25, 0.3) is 0 Å². The Morgan fingerprint density at radius 1 is 1.11 bits per heavy atom. The number of allylic oxidation sites excluding steroid dienone is 5. The molecule has 1 aliphatic carbocycles. The molecule has 0 aromatic heterocycles. The molecular formula is C28H38F6O2. The summed E-state index contributed by atoms with van der Waals surface area (Å²) in [6.45, 7) is 11.9. The first kappa shape index (κ1) is 32.0. The molecule has 1 rings (SSSR count). The number of aliphatic hydroxyl groups excluding tert-OH is 1. The molecule has 0 radical (unpaired) electrons. The molecule has 1 atom stereocenters. The van der Waals surface area contributed by atoms with Crippen LogP contribution in [0.3, 0.4) is 0 Å². The second-order valence-corrected chi connectivity index (χ2v) is 10.0. The van der Waals surface area contributed by atoms with Gasteiger partial charge in [-0.05, 0) is 80.8 Å². The standard InChI is InChI=1S/C28H38F6O2/c1-6-11-23(14-7-8-19-26(36,27(29,30)31)28(32,33)34)25(4,5)18-10-12-20(2)16-17-22-13-9-15-24(35)21(22)3/h11,16-17,24,35-36H,3,6-7,9-10,12-15,18H2,1-2,4-5H3/b20-16-,22-17-,23-11-/t24-/m0/s1. The molecule has 1 saturated carbocycles. The summed E-state index contributed by atoms with van der Waals surface area (Å²) in [5.74, 6) is 2.93. The van der Waals surface area contributed by atoms with Crippen LogP contribution >= 0.6 is 0 Å². The number of hydrogen-bond donors (Lipinski definition) is 2. The maximum atomic E-state index is 12.8. The van der Waals surface area contributed by atoms with Crippen molar-refractivity contribution in [3.8, 4) is 11.8 Å². The lowest BCUT2D eigenvalue weighted by molar-refractivity contribution is -0.343. The van der Waals surface area contributed by atoms with E-state index in [0.29, 0.717) is 6.42 Å². The number of hydrogen-bond acceptors (Lipinski definition) is 2. The van der Waals surface area contributed by atoms with Crippen molar-refractivity contribution in [1.29, 1.82) is 0 Å². The molecule has 0 amide bonds. The summed E-state index contributed by atoms with van der Waals surface area (Å²) in [6.07, 6.45) is -0.731. The zero-order valence-corrected chi connectivity index (χ0v) is 21.5. The number of halogens is 6. The number of rotatable bonds is 9. The van der Waals surface area contributed by atoms with Gasteiger partial charge in [-0.15, -0.1) is 0 Å². The Morgan fingerprint density at radius 2 is 1.72 bits per heavy atom. The topological polar surface area (TPSA) is 40.5 Å². The summed E-state index contributed by atoms with van der Waals surface area (Å²) < 4.78 is 76.7. The van der Waals surface area contributed by atoms with Gasteiger partial charge >= 0.3 is 18.0 Å². The third kappa shape index (κ3) is 8.85. The van der Waals surface area contributed by atoms with Gasteiger partial charge in [0.15, 0.2) is 0 Å². The first-order valence-electron chi connectivity index (χ1n) is 12.2. The molecule has 0 unspecified atom stereocenters. The predicted molar refractivity (Wildman–Crippen MR) is 131 cm³/mol. The number of aliphatic hydroxyl groups is 2. The zero-order chi connectivity index (χ0) is 27.8. The van der Waals surface area contributed by atoms with Crippen molar-refractivity contribution in [2.75, 3.05) is 0 Å². The summed E-state index contributed by atoms with van der Waals surface area (Å²) in [5, 5.41) is 19.1. The van der Waals surface area contributed by atoms with Crippen LogP contribution in [0.4, 0.5) is 26.3 Å². The van der Waals surface area contributed by atoms with Crippen molar-refractivity contribution in [2.45, 2.75) is 110 Å². The Kier molecular flexibility index (Phi) is 11.6. The molecule has 0 spiro atoms. The molecule has 2 N–H and O–H groups in total. The van der Waals surface area contributed by atoms with Crippen LogP contribution in [0.2, 0.25) is 0 Å². The quantitative estimate of drug-likeness (QED) is 0.183. The van der Waals surface area contributed by atoms with Gasteiger partial charge in [0.1, 0.15) is 0 Å². The smallest absolute Gasteiger partial charge is 0.388 e. The van der Waals surface area contributed by atoms with E-state index in [1.54, 1.807) is 0 Å². The first-order chi connectivity index (χ1) is 16.5. The lowest BCUT2D eigenvalue weighted by Gasteiger charge is -2.29. The van der Waals surface area contributed by atoms with Crippen LogP contribution in [0.1, 0.15) is 85.5 Å². The molecule has 0 saturated heterocycles. The molecule has 0 aromatic rings. The Balaban J connectivity index is 2.78. The van der Waals surface area contributed by atoms with Crippen LogP contribution in [-0.4, -0.2) is 34.3 Å². The Morgan fingerprint density at radius 3 is 2.28 bits per heavy atom. The molecule has 1 fully saturated rings. The van der Waals surface area contributed by atoms with Gasteiger partial charge in [-0.1, -0.05) is 62.6 Å². The van der Waals surface area contributed by atoms with Crippen molar-refractivity contribution >= 4 is 0 Å². The molecule has 2 nitrogen and oxygen atoms in total. The maximum absolute atomic E-state index is 12.8. The molecule has 204 valence electrons. The summed E-state index contributed by atoms with van der Waals surface area (Å²) in [5.41, 5.74) is -1.44. The van der Waals surface area contributed by atoms with E-state index in [9.17, 15) is 36.6 Å². The molecule has 0 aromatic carbocycles. The SMILES string of the molecule is C=C1/C(=C\C=C(\C)CCCC(C)(C)/C(=C\CC)CCC#CC(O)(C(F)(F)F)C(F)(F)F)CCC[C@@H]1O. The van der Waals surface area contributed by atoms with Gasteiger partial charge in [0.2, 0.25) is 0 Å².